The highest BCUT2D eigenvalue weighted by molar-refractivity contribution is 7.91. The van der Waals surface area contributed by atoms with Crippen LogP contribution in [-0.2, 0) is 9.84 Å². The van der Waals surface area contributed by atoms with E-state index in [4.69, 9.17) is 5.11 Å². The highest BCUT2D eigenvalue weighted by atomic mass is 32.2. The summed E-state index contributed by atoms with van der Waals surface area (Å²) in [4.78, 5) is 17.9. The van der Waals surface area contributed by atoms with E-state index < -0.39 is 32.4 Å². The number of hydrogen-bond donors (Lipinski definition) is 2. The Hall–Kier alpha value is -1.96. The third kappa shape index (κ3) is 2.39. The average Bonchev–Trinajstić information content (AvgIpc) is 2.79. The SMILES string of the molecule is O=C(O)c1cc2nc(C3CCCCS3(=O)=O)[nH]c2cc1F. The van der Waals surface area contributed by atoms with E-state index in [-0.39, 0.29) is 17.1 Å². The zero-order valence-electron chi connectivity index (χ0n) is 11.0. The fraction of sp³-hybridized carbons (Fsp3) is 0.385. The van der Waals surface area contributed by atoms with Crippen LogP contribution >= 0.6 is 0 Å². The first kappa shape index (κ1) is 14.0. The minimum atomic E-state index is -3.26. The lowest BCUT2D eigenvalue weighted by atomic mass is 10.2. The van der Waals surface area contributed by atoms with Crippen LogP contribution in [0.5, 0.6) is 0 Å². The second kappa shape index (κ2) is 4.80. The van der Waals surface area contributed by atoms with Crippen LogP contribution in [-0.4, -0.2) is 35.2 Å². The number of carboxylic acid groups (broad SMARTS) is 1. The topological polar surface area (TPSA) is 100 Å². The lowest BCUT2D eigenvalue weighted by Crippen LogP contribution is -2.22. The first-order valence-corrected chi connectivity index (χ1v) is 8.24. The van der Waals surface area contributed by atoms with Crippen LogP contribution in [0.15, 0.2) is 12.1 Å². The maximum atomic E-state index is 13.6. The zero-order valence-corrected chi connectivity index (χ0v) is 11.8. The van der Waals surface area contributed by atoms with Gasteiger partial charge in [-0.25, -0.2) is 22.6 Å². The molecule has 21 heavy (non-hydrogen) atoms. The van der Waals surface area contributed by atoms with E-state index in [0.29, 0.717) is 18.4 Å². The number of carboxylic acids is 1. The molecule has 1 aliphatic heterocycles. The largest absolute Gasteiger partial charge is 0.478 e. The quantitative estimate of drug-likeness (QED) is 0.884. The molecule has 1 unspecified atom stereocenters. The summed E-state index contributed by atoms with van der Waals surface area (Å²) >= 11 is 0. The zero-order chi connectivity index (χ0) is 15.2. The number of aromatic amines is 1. The van der Waals surface area contributed by atoms with Gasteiger partial charge >= 0.3 is 5.97 Å². The Bertz CT molecular complexity index is 828. The number of nitrogens with zero attached hydrogens (tertiary/aromatic N) is 1. The molecule has 6 nitrogen and oxygen atoms in total. The van der Waals surface area contributed by atoms with Crippen molar-refractivity contribution in [1.82, 2.24) is 9.97 Å². The molecule has 2 aromatic rings. The van der Waals surface area contributed by atoms with Gasteiger partial charge in [0, 0.05) is 6.07 Å². The predicted octanol–water partition coefficient (Wildman–Crippen LogP) is 2.04. The van der Waals surface area contributed by atoms with Gasteiger partial charge in [-0.15, -0.1) is 0 Å². The molecule has 0 amide bonds. The highest BCUT2D eigenvalue weighted by Gasteiger charge is 2.32. The summed E-state index contributed by atoms with van der Waals surface area (Å²) < 4.78 is 37.8. The first-order chi connectivity index (χ1) is 9.88. The molecule has 1 aliphatic rings. The van der Waals surface area contributed by atoms with Gasteiger partial charge in [0.1, 0.15) is 16.9 Å². The Morgan fingerprint density at radius 1 is 1.38 bits per heavy atom. The molecule has 1 fully saturated rings. The van der Waals surface area contributed by atoms with E-state index in [1.165, 1.54) is 0 Å². The number of carbonyl (C=O) groups is 1. The van der Waals surface area contributed by atoms with Gasteiger partial charge in [-0.2, -0.15) is 0 Å². The van der Waals surface area contributed by atoms with Crippen LogP contribution in [0.4, 0.5) is 4.39 Å². The Labute approximate surface area is 119 Å². The second-order valence-corrected chi connectivity index (χ2v) is 7.43. The summed E-state index contributed by atoms with van der Waals surface area (Å²) in [7, 11) is -3.26. The number of hydrogen-bond acceptors (Lipinski definition) is 4. The van der Waals surface area contributed by atoms with E-state index in [2.05, 4.69) is 9.97 Å². The molecule has 1 aromatic carbocycles. The number of imidazole rings is 1. The Balaban J connectivity index is 2.11. The van der Waals surface area contributed by atoms with Gasteiger partial charge in [0.2, 0.25) is 0 Å². The Kier molecular flexibility index (Phi) is 3.20. The summed E-state index contributed by atoms with van der Waals surface area (Å²) in [6.07, 6.45) is 1.89. The minimum absolute atomic E-state index is 0.115. The number of aromatic carboxylic acids is 1. The molecular formula is C13H13FN2O4S. The number of halogens is 1. The van der Waals surface area contributed by atoms with Crippen LogP contribution < -0.4 is 0 Å². The monoisotopic (exact) mass is 312 g/mol. The molecule has 112 valence electrons. The summed E-state index contributed by atoms with van der Waals surface area (Å²) in [6, 6.07) is 2.15. The maximum absolute atomic E-state index is 13.6. The summed E-state index contributed by atoms with van der Waals surface area (Å²) in [5, 5.41) is 8.16. The van der Waals surface area contributed by atoms with E-state index in [1.54, 1.807) is 0 Å². The van der Waals surface area contributed by atoms with Crippen LogP contribution in [0.25, 0.3) is 11.0 Å². The lowest BCUT2D eigenvalue weighted by Gasteiger charge is -2.19. The summed E-state index contributed by atoms with van der Waals surface area (Å²) in [5.41, 5.74) is 0.0740. The van der Waals surface area contributed by atoms with Crippen LogP contribution in [0.2, 0.25) is 0 Å². The molecular weight excluding hydrogens is 299 g/mol. The molecule has 0 saturated carbocycles. The molecule has 0 bridgehead atoms. The minimum Gasteiger partial charge on any atom is -0.478 e. The number of H-pyrrole nitrogens is 1. The van der Waals surface area contributed by atoms with Crippen molar-refractivity contribution >= 4 is 26.8 Å². The molecule has 8 heteroatoms. The number of nitrogens with one attached hydrogen (secondary N) is 1. The number of sulfone groups is 1. The van der Waals surface area contributed by atoms with E-state index in [0.717, 1.165) is 18.6 Å². The smallest absolute Gasteiger partial charge is 0.338 e. The van der Waals surface area contributed by atoms with Crippen LogP contribution in [0.1, 0.15) is 40.7 Å². The van der Waals surface area contributed by atoms with Gasteiger partial charge in [0.15, 0.2) is 9.84 Å². The van der Waals surface area contributed by atoms with Crippen molar-refractivity contribution in [2.45, 2.75) is 24.5 Å². The normalized spacial score (nSPS) is 21.5. The fourth-order valence-electron chi connectivity index (χ4n) is 2.63. The predicted molar refractivity (Wildman–Crippen MR) is 73.4 cm³/mol. The van der Waals surface area contributed by atoms with Crippen LogP contribution in [0, 0.1) is 5.82 Å². The van der Waals surface area contributed by atoms with Crippen molar-refractivity contribution in [2.24, 2.45) is 0 Å². The molecule has 2 heterocycles. The summed E-state index contributed by atoms with van der Waals surface area (Å²) in [6.45, 7) is 0. The van der Waals surface area contributed by atoms with E-state index >= 15 is 0 Å². The van der Waals surface area contributed by atoms with Gasteiger partial charge in [-0.1, -0.05) is 6.42 Å². The average molecular weight is 312 g/mol. The number of rotatable bonds is 2. The lowest BCUT2D eigenvalue weighted by molar-refractivity contribution is 0.0692. The van der Waals surface area contributed by atoms with E-state index in [9.17, 15) is 17.6 Å². The third-order valence-corrected chi connectivity index (χ3v) is 5.89. The van der Waals surface area contributed by atoms with Crippen molar-refractivity contribution < 1.29 is 22.7 Å². The fourth-order valence-corrected chi connectivity index (χ4v) is 4.50. The number of benzene rings is 1. The highest BCUT2D eigenvalue weighted by Crippen LogP contribution is 2.33. The molecule has 2 N–H and O–H groups in total. The van der Waals surface area contributed by atoms with Crippen molar-refractivity contribution in [3.63, 3.8) is 0 Å². The number of fused-ring (bicyclic) bond motifs is 1. The molecule has 1 saturated heterocycles. The Morgan fingerprint density at radius 3 is 2.81 bits per heavy atom. The van der Waals surface area contributed by atoms with Crippen LogP contribution in [0.3, 0.4) is 0 Å². The third-order valence-electron chi connectivity index (χ3n) is 3.70. The van der Waals surface area contributed by atoms with Gasteiger partial charge < -0.3 is 10.1 Å². The molecule has 3 rings (SSSR count). The summed E-state index contributed by atoms with van der Waals surface area (Å²) in [5.74, 6) is -1.89. The maximum Gasteiger partial charge on any atom is 0.338 e. The second-order valence-electron chi connectivity index (χ2n) is 5.13. The molecule has 1 aromatic heterocycles. The molecule has 0 radical (unpaired) electrons. The van der Waals surface area contributed by atoms with Gasteiger partial charge in [0.25, 0.3) is 0 Å². The molecule has 1 atom stereocenters. The molecule has 0 aliphatic carbocycles. The van der Waals surface area contributed by atoms with Crippen molar-refractivity contribution in [1.29, 1.82) is 0 Å². The standard InChI is InChI=1S/C13H13FN2O4S/c14-8-6-10-9(5-7(8)13(17)18)15-12(16-10)11-3-1-2-4-21(11,19)20/h5-6,11H,1-4H2,(H,15,16)(H,17,18). The van der Waals surface area contributed by atoms with Gasteiger partial charge in [-0.05, 0) is 18.9 Å². The van der Waals surface area contributed by atoms with Crippen molar-refractivity contribution in [2.75, 3.05) is 5.75 Å². The van der Waals surface area contributed by atoms with Crippen molar-refractivity contribution in [3.8, 4) is 0 Å². The first-order valence-electron chi connectivity index (χ1n) is 6.52. The van der Waals surface area contributed by atoms with Gasteiger partial charge in [0.05, 0.1) is 22.3 Å². The molecule has 0 spiro atoms. The van der Waals surface area contributed by atoms with E-state index in [1.807, 2.05) is 0 Å². The van der Waals surface area contributed by atoms with Crippen molar-refractivity contribution in [3.05, 3.63) is 29.3 Å². The Morgan fingerprint density at radius 2 is 2.14 bits per heavy atom. The number of aromatic nitrogens is 2. The van der Waals surface area contributed by atoms with Gasteiger partial charge in [-0.3, -0.25) is 0 Å².